The van der Waals surface area contributed by atoms with Crippen molar-refractivity contribution in [3.63, 3.8) is 0 Å². The number of aryl methyl sites for hydroxylation is 2. The Kier molecular flexibility index (Phi) is 6.95. The Morgan fingerprint density at radius 1 is 1.23 bits per heavy atom. The van der Waals surface area contributed by atoms with Crippen LogP contribution in [0.2, 0.25) is 0 Å². The normalized spacial score (nSPS) is 15.2. The molecule has 0 saturated carbocycles. The molecule has 2 aromatic rings. The third-order valence-electron chi connectivity index (χ3n) is 4.57. The average Bonchev–Trinajstić information content (AvgIpc) is 2.97. The van der Waals surface area contributed by atoms with E-state index in [-0.39, 0.29) is 24.5 Å². The minimum absolute atomic E-state index is 0.00340. The molecule has 0 unspecified atom stereocenters. The SMILES string of the molecule is Cc1ccc(C)c(NC(=O)COc2ccccc2/C=C2\SC(=S)N(C(C)C)C2=O)c1. The van der Waals surface area contributed by atoms with E-state index < -0.39 is 0 Å². The molecule has 1 N–H and O–H groups in total. The number of hydrogen-bond donors (Lipinski definition) is 1. The van der Waals surface area contributed by atoms with E-state index in [0.29, 0.717) is 15.0 Å². The molecule has 0 radical (unpaired) electrons. The predicted molar refractivity (Wildman–Crippen MR) is 127 cm³/mol. The monoisotopic (exact) mass is 440 g/mol. The number of carbonyl (C=O) groups is 2. The fourth-order valence-electron chi connectivity index (χ4n) is 3.00. The Morgan fingerprint density at radius 3 is 2.67 bits per heavy atom. The van der Waals surface area contributed by atoms with Crippen LogP contribution in [0.15, 0.2) is 47.4 Å². The van der Waals surface area contributed by atoms with E-state index in [1.54, 1.807) is 17.0 Å². The number of benzene rings is 2. The zero-order valence-corrected chi connectivity index (χ0v) is 19.0. The van der Waals surface area contributed by atoms with Crippen molar-refractivity contribution in [1.29, 1.82) is 0 Å². The molecule has 5 nitrogen and oxygen atoms in total. The van der Waals surface area contributed by atoms with Gasteiger partial charge in [0, 0.05) is 17.3 Å². The lowest BCUT2D eigenvalue weighted by molar-refractivity contribution is -0.123. The van der Waals surface area contributed by atoms with Gasteiger partial charge in [0.25, 0.3) is 11.8 Å². The smallest absolute Gasteiger partial charge is 0.266 e. The number of thioether (sulfide) groups is 1. The Labute approximate surface area is 186 Å². The molecule has 156 valence electrons. The van der Waals surface area contributed by atoms with Crippen molar-refractivity contribution in [3.8, 4) is 5.75 Å². The summed E-state index contributed by atoms with van der Waals surface area (Å²) in [5.74, 6) is 0.176. The van der Waals surface area contributed by atoms with Crippen LogP contribution in [0.5, 0.6) is 5.75 Å². The van der Waals surface area contributed by atoms with Gasteiger partial charge in [-0.25, -0.2) is 0 Å². The summed E-state index contributed by atoms with van der Waals surface area (Å²) in [6.45, 7) is 7.64. The third-order valence-corrected chi connectivity index (χ3v) is 5.90. The van der Waals surface area contributed by atoms with Crippen molar-refractivity contribution in [2.75, 3.05) is 11.9 Å². The van der Waals surface area contributed by atoms with Gasteiger partial charge in [-0.2, -0.15) is 0 Å². The molecule has 0 atom stereocenters. The van der Waals surface area contributed by atoms with Crippen LogP contribution in [0.3, 0.4) is 0 Å². The second-order valence-electron chi connectivity index (χ2n) is 7.34. The Hall–Kier alpha value is -2.64. The number of carbonyl (C=O) groups excluding carboxylic acids is 2. The minimum atomic E-state index is -0.246. The molecule has 0 aliphatic carbocycles. The number of amides is 2. The van der Waals surface area contributed by atoms with E-state index in [4.69, 9.17) is 17.0 Å². The highest BCUT2D eigenvalue weighted by Crippen LogP contribution is 2.35. The number of nitrogens with one attached hydrogen (secondary N) is 1. The molecule has 1 aliphatic heterocycles. The number of anilines is 1. The topological polar surface area (TPSA) is 58.6 Å². The molecule has 0 bridgehead atoms. The van der Waals surface area contributed by atoms with Gasteiger partial charge in [0.1, 0.15) is 10.1 Å². The highest BCUT2D eigenvalue weighted by Gasteiger charge is 2.33. The summed E-state index contributed by atoms with van der Waals surface area (Å²) < 4.78 is 6.31. The minimum Gasteiger partial charge on any atom is -0.483 e. The summed E-state index contributed by atoms with van der Waals surface area (Å²) in [5.41, 5.74) is 3.55. The van der Waals surface area contributed by atoms with E-state index in [0.717, 1.165) is 22.4 Å². The molecule has 30 heavy (non-hydrogen) atoms. The van der Waals surface area contributed by atoms with Crippen LogP contribution in [0.4, 0.5) is 5.69 Å². The van der Waals surface area contributed by atoms with Crippen LogP contribution in [-0.2, 0) is 9.59 Å². The number of ether oxygens (including phenoxy) is 1. The molecule has 2 amide bonds. The molecule has 3 rings (SSSR count). The van der Waals surface area contributed by atoms with Gasteiger partial charge in [-0.15, -0.1) is 0 Å². The number of rotatable bonds is 6. The van der Waals surface area contributed by atoms with Crippen molar-refractivity contribution < 1.29 is 14.3 Å². The van der Waals surface area contributed by atoms with Crippen molar-refractivity contribution in [1.82, 2.24) is 4.90 Å². The Morgan fingerprint density at radius 2 is 1.97 bits per heavy atom. The Bertz CT molecular complexity index is 1030. The molecule has 0 aromatic heterocycles. The van der Waals surface area contributed by atoms with Crippen LogP contribution < -0.4 is 10.1 Å². The van der Waals surface area contributed by atoms with Gasteiger partial charge in [0.05, 0.1) is 4.91 Å². The largest absolute Gasteiger partial charge is 0.483 e. The molecule has 0 spiro atoms. The molecular weight excluding hydrogens is 416 g/mol. The van der Waals surface area contributed by atoms with E-state index in [9.17, 15) is 9.59 Å². The first-order valence-corrected chi connectivity index (χ1v) is 10.8. The maximum Gasteiger partial charge on any atom is 0.266 e. The summed E-state index contributed by atoms with van der Waals surface area (Å²) in [6.07, 6.45) is 1.76. The zero-order valence-electron chi connectivity index (χ0n) is 17.4. The third kappa shape index (κ3) is 5.09. The van der Waals surface area contributed by atoms with Crippen molar-refractivity contribution in [2.45, 2.75) is 33.7 Å². The maximum absolute atomic E-state index is 12.6. The van der Waals surface area contributed by atoms with E-state index in [1.165, 1.54) is 11.8 Å². The second-order valence-corrected chi connectivity index (χ2v) is 9.01. The first kappa shape index (κ1) is 22.1. The van der Waals surface area contributed by atoms with Crippen molar-refractivity contribution >= 4 is 51.9 Å². The number of para-hydroxylation sites is 1. The molecule has 7 heteroatoms. The molecule has 1 heterocycles. The van der Waals surface area contributed by atoms with Gasteiger partial charge < -0.3 is 10.1 Å². The first-order chi connectivity index (χ1) is 14.3. The molecule has 1 fully saturated rings. The summed E-state index contributed by atoms with van der Waals surface area (Å²) in [5, 5.41) is 2.88. The summed E-state index contributed by atoms with van der Waals surface area (Å²) in [4.78, 5) is 27.2. The second kappa shape index (κ2) is 9.45. The van der Waals surface area contributed by atoms with Crippen LogP contribution in [-0.4, -0.2) is 33.7 Å². The van der Waals surface area contributed by atoms with Gasteiger partial charge in [0.15, 0.2) is 6.61 Å². The average molecular weight is 441 g/mol. The molecule has 1 saturated heterocycles. The number of hydrogen-bond acceptors (Lipinski definition) is 5. The zero-order chi connectivity index (χ0) is 21.8. The standard InChI is InChI=1S/C23H24N2O3S2/c1-14(2)25-22(27)20(30-23(25)29)12-17-7-5-6-8-19(17)28-13-21(26)24-18-11-15(3)9-10-16(18)4/h5-12,14H,13H2,1-4H3,(H,24,26)/b20-12-. The lowest BCUT2D eigenvalue weighted by Gasteiger charge is -2.18. The van der Waals surface area contributed by atoms with E-state index in [2.05, 4.69) is 5.32 Å². The van der Waals surface area contributed by atoms with Crippen LogP contribution in [0, 0.1) is 13.8 Å². The fourth-order valence-corrected chi connectivity index (χ4v) is 4.51. The molecule has 2 aromatic carbocycles. The lowest BCUT2D eigenvalue weighted by Crippen LogP contribution is -2.34. The predicted octanol–water partition coefficient (Wildman–Crippen LogP) is 4.93. The highest BCUT2D eigenvalue weighted by atomic mass is 32.2. The van der Waals surface area contributed by atoms with Gasteiger partial charge in [-0.05, 0) is 57.0 Å². The number of thiocarbonyl (C=S) groups is 1. The van der Waals surface area contributed by atoms with Gasteiger partial charge in [-0.1, -0.05) is 54.3 Å². The lowest BCUT2D eigenvalue weighted by atomic mass is 10.1. The highest BCUT2D eigenvalue weighted by molar-refractivity contribution is 8.26. The Balaban J connectivity index is 1.72. The summed E-state index contributed by atoms with van der Waals surface area (Å²) in [6, 6.07) is 13.2. The molecule has 1 aliphatic rings. The summed E-state index contributed by atoms with van der Waals surface area (Å²) >= 11 is 6.61. The first-order valence-electron chi connectivity index (χ1n) is 9.62. The van der Waals surface area contributed by atoms with Crippen LogP contribution >= 0.6 is 24.0 Å². The quantitative estimate of drug-likeness (QED) is 0.510. The van der Waals surface area contributed by atoms with E-state index in [1.807, 2.05) is 64.1 Å². The van der Waals surface area contributed by atoms with Crippen LogP contribution in [0.1, 0.15) is 30.5 Å². The molecular formula is C23H24N2O3S2. The maximum atomic E-state index is 12.6. The van der Waals surface area contributed by atoms with Gasteiger partial charge in [0.2, 0.25) is 0 Å². The van der Waals surface area contributed by atoms with Gasteiger partial charge >= 0.3 is 0 Å². The summed E-state index contributed by atoms with van der Waals surface area (Å²) in [7, 11) is 0. The van der Waals surface area contributed by atoms with Crippen molar-refractivity contribution in [2.24, 2.45) is 0 Å². The van der Waals surface area contributed by atoms with Crippen LogP contribution in [0.25, 0.3) is 6.08 Å². The van der Waals surface area contributed by atoms with Gasteiger partial charge in [-0.3, -0.25) is 14.5 Å². The fraction of sp³-hybridized carbons (Fsp3) is 0.261. The van der Waals surface area contributed by atoms with Crippen molar-refractivity contribution in [3.05, 3.63) is 64.1 Å². The van der Waals surface area contributed by atoms with E-state index >= 15 is 0 Å². The number of nitrogens with zero attached hydrogens (tertiary/aromatic N) is 1.